The van der Waals surface area contributed by atoms with Gasteiger partial charge in [0.2, 0.25) is 0 Å². The molecule has 0 aromatic heterocycles. The molecule has 0 aliphatic carbocycles. The van der Waals surface area contributed by atoms with Gasteiger partial charge in [-0.3, -0.25) is 4.79 Å². The molecule has 20 heavy (non-hydrogen) atoms. The van der Waals surface area contributed by atoms with Crippen LogP contribution in [0.1, 0.15) is 19.4 Å². The number of nitrogens with zero attached hydrogens (tertiary/aromatic N) is 1. The van der Waals surface area contributed by atoms with E-state index in [1.807, 2.05) is 32.1 Å². The summed E-state index contributed by atoms with van der Waals surface area (Å²) in [5.74, 6) is 0.259. The molecule has 0 aliphatic heterocycles. The Morgan fingerprint density at radius 1 is 1.35 bits per heavy atom. The predicted octanol–water partition coefficient (Wildman–Crippen LogP) is 2.13. The maximum Gasteiger partial charge on any atom is 0.273 e. The molecule has 5 nitrogen and oxygen atoms in total. The van der Waals surface area contributed by atoms with Gasteiger partial charge in [0.05, 0.1) is 5.56 Å². The smallest absolute Gasteiger partial charge is 0.273 e. The fourth-order valence-corrected chi connectivity index (χ4v) is 1.51. The lowest BCUT2D eigenvalue weighted by molar-refractivity contribution is -0.114. The molecule has 108 valence electrons. The Morgan fingerprint density at radius 3 is 2.65 bits per heavy atom. The summed E-state index contributed by atoms with van der Waals surface area (Å²) < 4.78 is 5.68. The number of hydrogen-bond acceptors (Lipinski definition) is 4. The average molecular weight is 276 g/mol. The first kappa shape index (κ1) is 15.8. The maximum absolute atomic E-state index is 11.8. The Morgan fingerprint density at radius 2 is 2.05 bits per heavy atom. The minimum atomic E-state index is -0.329. The molecule has 1 aromatic carbocycles. The quantitative estimate of drug-likeness (QED) is 0.492. The summed E-state index contributed by atoms with van der Waals surface area (Å²) in [5.41, 5.74) is 1.94. The minimum absolute atomic E-state index is 0.183. The van der Waals surface area contributed by atoms with Crippen molar-refractivity contribution in [3.63, 3.8) is 0 Å². The molecule has 0 saturated carbocycles. The second-order valence-corrected chi connectivity index (χ2v) is 4.29. The van der Waals surface area contributed by atoms with Crippen molar-refractivity contribution in [2.75, 3.05) is 20.8 Å². The number of likely N-dealkylation sites (N-methyl/N-ethyl adjacent to an activating group) is 1. The second kappa shape index (κ2) is 7.99. The summed E-state index contributed by atoms with van der Waals surface area (Å²) in [6.07, 6.45) is 1.96. The van der Waals surface area contributed by atoms with Gasteiger partial charge in [-0.05, 0) is 32.1 Å². The van der Waals surface area contributed by atoms with Gasteiger partial charge in [0.25, 0.3) is 5.91 Å². The Balaban J connectivity index is 3.07. The van der Waals surface area contributed by atoms with Crippen LogP contribution in [0, 0.1) is 0 Å². The SMILES string of the molecule is CNC(=O)/C(=N\OC)c1ccccc1OCC=C(C)C. The van der Waals surface area contributed by atoms with E-state index in [1.54, 1.807) is 19.2 Å². The van der Waals surface area contributed by atoms with Crippen LogP contribution in [-0.2, 0) is 9.63 Å². The van der Waals surface area contributed by atoms with Gasteiger partial charge >= 0.3 is 0 Å². The van der Waals surface area contributed by atoms with Crippen LogP contribution in [-0.4, -0.2) is 32.4 Å². The second-order valence-electron chi connectivity index (χ2n) is 4.29. The van der Waals surface area contributed by atoms with Crippen molar-refractivity contribution in [1.29, 1.82) is 0 Å². The van der Waals surface area contributed by atoms with Gasteiger partial charge in [-0.25, -0.2) is 0 Å². The average Bonchev–Trinajstić information content (AvgIpc) is 2.44. The molecule has 0 radical (unpaired) electrons. The molecular formula is C15H20N2O3. The summed E-state index contributed by atoms with van der Waals surface area (Å²) in [4.78, 5) is 16.6. The molecule has 1 N–H and O–H groups in total. The van der Waals surface area contributed by atoms with Gasteiger partial charge in [-0.15, -0.1) is 0 Å². The predicted molar refractivity (Wildman–Crippen MR) is 79.0 cm³/mol. The molecule has 0 unspecified atom stereocenters. The number of amides is 1. The third-order valence-corrected chi connectivity index (χ3v) is 2.50. The topological polar surface area (TPSA) is 59.9 Å². The van der Waals surface area contributed by atoms with Crippen LogP contribution >= 0.6 is 0 Å². The zero-order valence-corrected chi connectivity index (χ0v) is 12.3. The molecule has 5 heteroatoms. The van der Waals surface area contributed by atoms with Crippen LogP contribution in [0.4, 0.5) is 0 Å². The molecule has 0 bridgehead atoms. The van der Waals surface area contributed by atoms with Crippen LogP contribution in [0.5, 0.6) is 5.75 Å². The number of benzene rings is 1. The third kappa shape index (κ3) is 4.42. The number of ether oxygens (including phenoxy) is 1. The largest absolute Gasteiger partial charge is 0.489 e. The number of carbonyl (C=O) groups is 1. The van der Waals surface area contributed by atoms with Crippen molar-refractivity contribution >= 4 is 11.6 Å². The molecule has 0 spiro atoms. The molecular weight excluding hydrogens is 256 g/mol. The molecule has 0 aliphatic rings. The monoisotopic (exact) mass is 276 g/mol. The zero-order valence-electron chi connectivity index (χ0n) is 12.3. The van der Waals surface area contributed by atoms with E-state index in [2.05, 4.69) is 10.5 Å². The number of oxime groups is 1. The lowest BCUT2D eigenvalue weighted by Gasteiger charge is -2.11. The van der Waals surface area contributed by atoms with Crippen molar-refractivity contribution < 1.29 is 14.4 Å². The summed E-state index contributed by atoms with van der Waals surface area (Å²) >= 11 is 0. The minimum Gasteiger partial charge on any atom is -0.489 e. The normalized spacial score (nSPS) is 10.7. The Hall–Kier alpha value is -2.30. The van der Waals surface area contributed by atoms with Gasteiger partial charge in [-0.2, -0.15) is 0 Å². The highest BCUT2D eigenvalue weighted by molar-refractivity contribution is 6.45. The van der Waals surface area contributed by atoms with Crippen LogP contribution in [0.3, 0.4) is 0 Å². The summed E-state index contributed by atoms with van der Waals surface area (Å²) in [5, 5.41) is 6.31. The van der Waals surface area contributed by atoms with E-state index in [0.717, 1.165) is 0 Å². The molecule has 1 rings (SSSR count). The maximum atomic E-state index is 11.8. The standard InChI is InChI=1S/C15H20N2O3/c1-11(2)9-10-20-13-8-6-5-7-12(13)14(17-19-4)15(18)16-3/h5-9H,10H2,1-4H3,(H,16,18)/b17-14-. The number of carbonyl (C=O) groups excluding carboxylic acids is 1. The van der Waals surface area contributed by atoms with Gasteiger partial charge in [0.15, 0.2) is 5.71 Å². The van der Waals surface area contributed by atoms with E-state index < -0.39 is 0 Å². The molecule has 1 amide bonds. The zero-order chi connectivity index (χ0) is 15.0. The Kier molecular flexibility index (Phi) is 6.29. The van der Waals surface area contributed by atoms with E-state index >= 15 is 0 Å². The van der Waals surface area contributed by atoms with E-state index in [1.165, 1.54) is 12.7 Å². The van der Waals surface area contributed by atoms with Crippen LogP contribution in [0.15, 0.2) is 41.1 Å². The highest BCUT2D eigenvalue weighted by Gasteiger charge is 2.17. The highest BCUT2D eigenvalue weighted by atomic mass is 16.6. The van der Waals surface area contributed by atoms with Crippen molar-refractivity contribution in [3.8, 4) is 5.75 Å². The number of para-hydroxylation sites is 1. The Bertz CT molecular complexity index is 518. The fourth-order valence-electron chi connectivity index (χ4n) is 1.51. The number of allylic oxidation sites excluding steroid dienone is 1. The van der Waals surface area contributed by atoms with E-state index in [-0.39, 0.29) is 11.6 Å². The van der Waals surface area contributed by atoms with Crippen LogP contribution in [0.2, 0.25) is 0 Å². The van der Waals surface area contributed by atoms with E-state index in [4.69, 9.17) is 9.57 Å². The summed E-state index contributed by atoms with van der Waals surface area (Å²) in [6.45, 7) is 4.43. The first-order chi connectivity index (χ1) is 9.60. The van der Waals surface area contributed by atoms with Crippen molar-refractivity contribution in [2.24, 2.45) is 5.16 Å². The first-order valence-electron chi connectivity index (χ1n) is 6.29. The number of hydrogen-bond donors (Lipinski definition) is 1. The molecule has 0 atom stereocenters. The van der Waals surface area contributed by atoms with Crippen molar-refractivity contribution in [3.05, 3.63) is 41.5 Å². The lowest BCUT2D eigenvalue weighted by atomic mass is 10.1. The summed E-state index contributed by atoms with van der Waals surface area (Å²) in [6, 6.07) is 7.22. The number of nitrogens with one attached hydrogen (secondary N) is 1. The van der Waals surface area contributed by atoms with Crippen LogP contribution < -0.4 is 10.1 Å². The first-order valence-corrected chi connectivity index (χ1v) is 6.29. The fraction of sp³-hybridized carbons (Fsp3) is 0.333. The molecule has 0 saturated heterocycles. The lowest BCUT2D eigenvalue weighted by Crippen LogP contribution is -2.29. The van der Waals surface area contributed by atoms with E-state index in [9.17, 15) is 4.79 Å². The van der Waals surface area contributed by atoms with Crippen LogP contribution in [0.25, 0.3) is 0 Å². The van der Waals surface area contributed by atoms with Gasteiger partial charge < -0.3 is 14.9 Å². The van der Waals surface area contributed by atoms with Gasteiger partial charge in [0.1, 0.15) is 19.5 Å². The number of rotatable bonds is 6. The molecule has 1 aromatic rings. The molecule has 0 heterocycles. The van der Waals surface area contributed by atoms with Crippen molar-refractivity contribution in [1.82, 2.24) is 5.32 Å². The van der Waals surface area contributed by atoms with Gasteiger partial charge in [-0.1, -0.05) is 22.9 Å². The van der Waals surface area contributed by atoms with E-state index in [0.29, 0.717) is 17.9 Å². The summed E-state index contributed by atoms with van der Waals surface area (Å²) in [7, 11) is 2.94. The van der Waals surface area contributed by atoms with Crippen molar-refractivity contribution in [2.45, 2.75) is 13.8 Å². The molecule has 0 fully saturated rings. The third-order valence-electron chi connectivity index (χ3n) is 2.50. The van der Waals surface area contributed by atoms with Gasteiger partial charge in [0, 0.05) is 7.05 Å². The highest BCUT2D eigenvalue weighted by Crippen LogP contribution is 2.19. The Labute approximate surface area is 119 Å².